The topological polar surface area (TPSA) is 113 Å². The van der Waals surface area contributed by atoms with Gasteiger partial charge < -0.3 is 10.2 Å². The number of rotatable bonds is 5. The van der Waals surface area contributed by atoms with E-state index in [1.54, 1.807) is 23.1 Å². The summed E-state index contributed by atoms with van der Waals surface area (Å²) < 4.78 is 1.18. The minimum Gasteiger partial charge on any atom is -0.348 e. The third kappa shape index (κ3) is 4.17. The maximum absolute atomic E-state index is 12.7. The minimum atomic E-state index is -0.703. The largest absolute Gasteiger partial charge is 0.376 e. The number of para-hydroxylation sites is 1. The van der Waals surface area contributed by atoms with Crippen molar-refractivity contribution in [3.63, 3.8) is 0 Å². The van der Waals surface area contributed by atoms with Gasteiger partial charge in [-0.3, -0.25) is 29.0 Å². The van der Waals surface area contributed by atoms with Gasteiger partial charge in [0, 0.05) is 38.1 Å². The second kappa shape index (κ2) is 8.75. The summed E-state index contributed by atoms with van der Waals surface area (Å²) in [7, 11) is 0. The molecule has 0 unspecified atom stereocenters. The Balaban J connectivity index is 1.47. The van der Waals surface area contributed by atoms with Crippen LogP contribution in [-0.4, -0.2) is 57.8 Å². The molecule has 10 nitrogen and oxygen atoms in total. The van der Waals surface area contributed by atoms with Crippen LogP contribution in [-0.2, 0) is 4.79 Å². The summed E-state index contributed by atoms with van der Waals surface area (Å²) in [5, 5.41) is 14.6. The van der Waals surface area contributed by atoms with E-state index in [0.29, 0.717) is 31.8 Å². The van der Waals surface area contributed by atoms with Gasteiger partial charge in [-0.05, 0) is 37.1 Å². The second-order valence-electron chi connectivity index (χ2n) is 7.85. The lowest BCUT2D eigenvalue weighted by molar-refractivity contribution is -0.385. The molecule has 32 heavy (non-hydrogen) atoms. The van der Waals surface area contributed by atoms with Gasteiger partial charge in [0.2, 0.25) is 11.7 Å². The zero-order valence-corrected chi connectivity index (χ0v) is 17.9. The summed E-state index contributed by atoms with van der Waals surface area (Å²) in [6.45, 7) is 6.01. The van der Waals surface area contributed by atoms with Crippen molar-refractivity contribution in [2.45, 2.75) is 13.8 Å². The fourth-order valence-corrected chi connectivity index (χ4v) is 3.96. The molecule has 2 aromatic heterocycles. The highest BCUT2D eigenvalue weighted by atomic mass is 16.6. The Morgan fingerprint density at radius 2 is 1.78 bits per heavy atom. The van der Waals surface area contributed by atoms with Crippen LogP contribution in [0.2, 0.25) is 0 Å². The van der Waals surface area contributed by atoms with Gasteiger partial charge in [-0.1, -0.05) is 24.3 Å². The van der Waals surface area contributed by atoms with E-state index in [4.69, 9.17) is 0 Å². The standard InChI is InChI=1S/C22H24N6O4/c1-15-6-5-7-16(2)19(15)24-18(29)14-25-10-12-26(13-11-25)21-20(28(31)32)22(30)27-9-4-3-8-17(27)23-21/h3-9H,10-14H2,1-2H3,(H,24,29). The molecular formula is C22H24N6O4. The summed E-state index contributed by atoms with van der Waals surface area (Å²) >= 11 is 0. The van der Waals surface area contributed by atoms with Crippen molar-refractivity contribution < 1.29 is 9.72 Å². The van der Waals surface area contributed by atoms with Gasteiger partial charge in [-0.25, -0.2) is 4.98 Å². The summed E-state index contributed by atoms with van der Waals surface area (Å²) in [4.78, 5) is 44.3. The number of anilines is 2. The van der Waals surface area contributed by atoms with E-state index in [9.17, 15) is 19.7 Å². The molecule has 0 radical (unpaired) electrons. The number of hydrogen-bond donors (Lipinski definition) is 1. The van der Waals surface area contributed by atoms with Gasteiger partial charge in [0.05, 0.1) is 11.5 Å². The van der Waals surface area contributed by atoms with Crippen molar-refractivity contribution in [1.82, 2.24) is 14.3 Å². The number of amides is 1. The molecule has 10 heteroatoms. The molecule has 4 rings (SSSR count). The number of aromatic nitrogens is 2. The molecule has 166 valence electrons. The monoisotopic (exact) mass is 436 g/mol. The molecule has 1 saturated heterocycles. The first kappa shape index (κ1) is 21.4. The number of benzene rings is 1. The van der Waals surface area contributed by atoms with Crippen molar-refractivity contribution in [3.8, 4) is 0 Å². The molecule has 0 atom stereocenters. The molecule has 3 aromatic rings. The molecule has 0 aliphatic carbocycles. The average Bonchev–Trinajstić information content (AvgIpc) is 2.76. The zero-order chi connectivity index (χ0) is 22.8. The Kier molecular flexibility index (Phi) is 5.87. The summed E-state index contributed by atoms with van der Waals surface area (Å²) in [6.07, 6.45) is 1.47. The summed E-state index contributed by atoms with van der Waals surface area (Å²) in [5.74, 6) is -0.0326. The van der Waals surface area contributed by atoms with Crippen molar-refractivity contribution in [2.75, 3.05) is 42.9 Å². The fourth-order valence-electron chi connectivity index (χ4n) is 3.96. The normalized spacial score (nSPS) is 14.5. The van der Waals surface area contributed by atoms with E-state index in [2.05, 4.69) is 10.3 Å². The van der Waals surface area contributed by atoms with E-state index in [1.807, 2.05) is 36.9 Å². The lowest BCUT2D eigenvalue weighted by atomic mass is 10.1. The Morgan fingerprint density at radius 3 is 2.44 bits per heavy atom. The van der Waals surface area contributed by atoms with Crippen LogP contribution < -0.4 is 15.8 Å². The fraction of sp³-hybridized carbons (Fsp3) is 0.318. The summed E-state index contributed by atoms with van der Waals surface area (Å²) in [6, 6.07) is 10.8. The maximum Gasteiger partial charge on any atom is 0.376 e. The smallest absolute Gasteiger partial charge is 0.348 e. The molecule has 1 fully saturated rings. The molecule has 0 bridgehead atoms. The Bertz CT molecular complexity index is 1230. The van der Waals surface area contributed by atoms with Crippen LogP contribution in [0.25, 0.3) is 5.65 Å². The third-order valence-electron chi connectivity index (χ3n) is 5.66. The molecule has 0 saturated carbocycles. The molecule has 1 aliphatic rings. The molecule has 1 N–H and O–H groups in total. The number of pyridine rings is 1. The number of nitrogens with zero attached hydrogens (tertiary/aromatic N) is 5. The molecule has 1 aliphatic heterocycles. The van der Waals surface area contributed by atoms with Gasteiger partial charge >= 0.3 is 11.2 Å². The molecule has 0 spiro atoms. The third-order valence-corrected chi connectivity index (χ3v) is 5.66. The van der Waals surface area contributed by atoms with Crippen LogP contribution in [0, 0.1) is 24.0 Å². The highest BCUT2D eigenvalue weighted by Gasteiger charge is 2.30. The van der Waals surface area contributed by atoms with E-state index in [1.165, 1.54) is 10.6 Å². The number of carbonyl (C=O) groups excluding carboxylic acids is 1. The van der Waals surface area contributed by atoms with Gasteiger partial charge in [-0.15, -0.1) is 0 Å². The predicted molar refractivity (Wildman–Crippen MR) is 121 cm³/mol. The number of piperazine rings is 1. The molecule has 1 aromatic carbocycles. The lowest BCUT2D eigenvalue weighted by Crippen LogP contribution is -2.49. The highest BCUT2D eigenvalue weighted by Crippen LogP contribution is 2.24. The second-order valence-corrected chi connectivity index (χ2v) is 7.85. The molecule has 1 amide bonds. The van der Waals surface area contributed by atoms with Crippen LogP contribution in [0.3, 0.4) is 0 Å². The first-order chi connectivity index (χ1) is 15.3. The van der Waals surface area contributed by atoms with E-state index >= 15 is 0 Å². The van der Waals surface area contributed by atoms with Crippen molar-refractivity contribution in [3.05, 3.63) is 74.2 Å². The van der Waals surface area contributed by atoms with Crippen LogP contribution in [0.4, 0.5) is 17.2 Å². The number of fused-ring (bicyclic) bond motifs is 1. The first-order valence-electron chi connectivity index (χ1n) is 10.3. The Labute approximate surface area is 184 Å². The lowest BCUT2D eigenvalue weighted by Gasteiger charge is -2.34. The van der Waals surface area contributed by atoms with Crippen molar-refractivity contribution >= 4 is 28.7 Å². The van der Waals surface area contributed by atoms with Crippen LogP contribution in [0.15, 0.2) is 47.4 Å². The number of aryl methyl sites for hydroxylation is 2. The predicted octanol–water partition coefficient (Wildman–Crippen LogP) is 1.98. The van der Waals surface area contributed by atoms with E-state index in [-0.39, 0.29) is 18.3 Å². The van der Waals surface area contributed by atoms with Gasteiger partial charge in [0.15, 0.2) is 0 Å². The molecule has 3 heterocycles. The van der Waals surface area contributed by atoms with Crippen LogP contribution in [0.5, 0.6) is 0 Å². The van der Waals surface area contributed by atoms with Gasteiger partial charge in [0.1, 0.15) is 5.65 Å². The summed E-state index contributed by atoms with van der Waals surface area (Å²) in [5.41, 5.74) is 1.95. The Morgan fingerprint density at radius 1 is 1.09 bits per heavy atom. The highest BCUT2D eigenvalue weighted by molar-refractivity contribution is 5.93. The maximum atomic E-state index is 12.7. The van der Waals surface area contributed by atoms with E-state index in [0.717, 1.165) is 16.8 Å². The van der Waals surface area contributed by atoms with E-state index < -0.39 is 16.2 Å². The first-order valence-corrected chi connectivity index (χ1v) is 10.3. The number of hydrogen-bond acceptors (Lipinski definition) is 7. The van der Waals surface area contributed by atoms with Crippen molar-refractivity contribution in [1.29, 1.82) is 0 Å². The number of nitrogens with one attached hydrogen (secondary N) is 1. The van der Waals surface area contributed by atoms with Gasteiger partial charge in [-0.2, -0.15) is 0 Å². The van der Waals surface area contributed by atoms with Gasteiger partial charge in [0.25, 0.3) is 0 Å². The quantitative estimate of drug-likeness (QED) is 0.481. The average molecular weight is 436 g/mol. The molecular weight excluding hydrogens is 412 g/mol. The number of carbonyl (C=O) groups is 1. The van der Waals surface area contributed by atoms with Crippen LogP contribution >= 0.6 is 0 Å². The van der Waals surface area contributed by atoms with Crippen LogP contribution in [0.1, 0.15) is 11.1 Å². The minimum absolute atomic E-state index is 0.0748. The van der Waals surface area contributed by atoms with Crippen molar-refractivity contribution in [2.24, 2.45) is 0 Å². The number of nitro groups is 1. The SMILES string of the molecule is Cc1cccc(C)c1NC(=O)CN1CCN(c2nc3ccccn3c(=O)c2[N+](=O)[O-])CC1. The zero-order valence-electron chi connectivity index (χ0n) is 17.9. The Hall–Kier alpha value is -3.79.